The van der Waals surface area contributed by atoms with Crippen LogP contribution in [0, 0.1) is 0 Å². The van der Waals surface area contributed by atoms with E-state index in [9.17, 15) is 5.11 Å². The van der Waals surface area contributed by atoms with Gasteiger partial charge in [-0.05, 0) is 30.2 Å². The van der Waals surface area contributed by atoms with Gasteiger partial charge >= 0.3 is 0 Å². The molecular formula is C15H20N4OSi. The predicted molar refractivity (Wildman–Crippen MR) is 87.0 cm³/mol. The maximum absolute atomic E-state index is 9.42. The molecule has 110 valence electrons. The van der Waals surface area contributed by atoms with Crippen molar-refractivity contribution in [2.75, 3.05) is 6.61 Å². The SMILES string of the molecule is C[Si](C)(C)c1[nH]c2ccc(-n3cnnc3)cc2c1CCO. The fourth-order valence-corrected chi connectivity index (χ4v) is 4.42. The average Bonchev–Trinajstić information content (AvgIpc) is 3.05. The summed E-state index contributed by atoms with van der Waals surface area (Å²) in [5.74, 6) is 0. The highest BCUT2D eigenvalue weighted by Gasteiger charge is 2.24. The summed E-state index contributed by atoms with van der Waals surface area (Å²) in [6.07, 6.45) is 4.07. The predicted octanol–water partition coefficient (Wildman–Crippen LogP) is 1.83. The quantitative estimate of drug-likeness (QED) is 0.722. The van der Waals surface area contributed by atoms with E-state index >= 15 is 0 Å². The number of aliphatic hydroxyl groups is 1. The first-order chi connectivity index (χ1) is 10.0. The maximum Gasteiger partial charge on any atom is 0.123 e. The molecule has 0 aliphatic carbocycles. The second-order valence-corrected chi connectivity index (χ2v) is 11.3. The second kappa shape index (κ2) is 5.12. The fourth-order valence-electron chi connectivity index (χ4n) is 2.74. The van der Waals surface area contributed by atoms with Gasteiger partial charge in [0.25, 0.3) is 0 Å². The molecule has 0 aliphatic rings. The van der Waals surface area contributed by atoms with Crippen LogP contribution in [0.5, 0.6) is 0 Å². The Labute approximate surface area is 124 Å². The first-order valence-electron chi connectivity index (χ1n) is 7.11. The number of aliphatic hydroxyl groups excluding tert-OH is 1. The number of benzene rings is 1. The van der Waals surface area contributed by atoms with Crippen LogP contribution in [0.3, 0.4) is 0 Å². The molecule has 0 aliphatic heterocycles. The molecule has 0 bridgehead atoms. The van der Waals surface area contributed by atoms with Gasteiger partial charge in [0.05, 0.1) is 8.07 Å². The van der Waals surface area contributed by atoms with Crippen molar-refractivity contribution in [3.8, 4) is 5.69 Å². The fraction of sp³-hybridized carbons (Fsp3) is 0.333. The number of H-pyrrole nitrogens is 1. The van der Waals surface area contributed by atoms with Crippen molar-refractivity contribution < 1.29 is 5.11 Å². The highest BCUT2D eigenvalue weighted by Crippen LogP contribution is 2.23. The van der Waals surface area contributed by atoms with E-state index in [4.69, 9.17) is 0 Å². The summed E-state index contributed by atoms with van der Waals surface area (Å²) in [6.45, 7) is 7.12. The zero-order valence-electron chi connectivity index (χ0n) is 12.6. The van der Waals surface area contributed by atoms with Crippen LogP contribution in [0.4, 0.5) is 0 Å². The normalized spacial score (nSPS) is 12.2. The highest BCUT2D eigenvalue weighted by atomic mass is 28.3. The van der Waals surface area contributed by atoms with Crippen LogP contribution >= 0.6 is 0 Å². The van der Waals surface area contributed by atoms with E-state index < -0.39 is 8.07 Å². The standard InChI is InChI=1S/C15H20N4OSi/c1-21(2,3)15-12(6-7-20)13-8-11(4-5-14(13)18-15)19-9-16-17-10-19/h4-5,8-10,18,20H,6-7H2,1-3H3. The summed E-state index contributed by atoms with van der Waals surface area (Å²) < 4.78 is 1.89. The van der Waals surface area contributed by atoms with Crippen LogP contribution in [-0.4, -0.2) is 39.5 Å². The third kappa shape index (κ3) is 2.52. The van der Waals surface area contributed by atoms with Crippen molar-refractivity contribution in [3.05, 3.63) is 36.4 Å². The minimum absolute atomic E-state index is 0.168. The van der Waals surface area contributed by atoms with Crippen LogP contribution in [0.2, 0.25) is 19.6 Å². The van der Waals surface area contributed by atoms with E-state index in [1.54, 1.807) is 12.7 Å². The summed E-state index contributed by atoms with van der Waals surface area (Å²) >= 11 is 0. The summed E-state index contributed by atoms with van der Waals surface area (Å²) in [7, 11) is -1.48. The Hall–Kier alpha value is -1.92. The number of rotatable bonds is 4. The van der Waals surface area contributed by atoms with Crippen LogP contribution < -0.4 is 5.32 Å². The first kappa shape index (κ1) is 14.0. The number of nitrogens with zero attached hydrogens (tertiary/aromatic N) is 3. The lowest BCUT2D eigenvalue weighted by Gasteiger charge is -2.16. The Morgan fingerprint density at radius 1 is 1.19 bits per heavy atom. The van der Waals surface area contributed by atoms with Gasteiger partial charge in [0.15, 0.2) is 0 Å². The van der Waals surface area contributed by atoms with Gasteiger partial charge < -0.3 is 10.1 Å². The molecule has 0 spiro atoms. The van der Waals surface area contributed by atoms with Crippen molar-refractivity contribution in [2.45, 2.75) is 26.1 Å². The summed E-state index contributed by atoms with van der Waals surface area (Å²) in [6, 6.07) is 6.29. The molecule has 2 aromatic heterocycles. The van der Waals surface area contributed by atoms with Crippen molar-refractivity contribution in [1.29, 1.82) is 0 Å². The van der Waals surface area contributed by atoms with Gasteiger partial charge in [0.2, 0.25) is 0 Å². The average molecular weight is 300 g/mol. The number of aromatic nitrogens is 4. The van der Waals surface area contributed by atoms with Crippen LogP contribution in [0.25, 0.3) is 16.6 Å². The van der Waals surface area contributed by atoms with E-state index in [1.165, 1.54) is 16.3 Å². The van der Waals surface area contributed by atoms with E-state index in [2.05, 4.69) is 53.0 Å². The van der Waals surface area contributed by atoms with E-state index in [0.29, 0.717) is 6.42 Å². The van der Waals surface area contributed by atoms with Gasteiger partial charge in [-0.1, -0.05) is 19.6 Å². The second-order valence-electron chi connectivity index (χ2n) is 6.30. The molecule has 0 atom stereocenters. The van der Waals surface area contributed by atoms with E-state index in [1.807, 2.05) is 4.57 Å². The minimum Gasteiger partial charge on any atom is -0.396 e. The molecule has 21 heavy (non-hydrogen) atoms. The Morgan fingerprint density at radius 2 is 1.90 bits per heavy atom. The molecule has 0 fully saturated rings. The summed E-state index contributed by atoms with van der Waals surface area (Å²) in [5.41, 5.74) is 3.42. The zero-order chi connectivity index (χ0) is 15.0. The smallest absolute Gasteiger partial charge is 0.123 e. The third-order valence-corrected chi connectivity index (χ3v) is 5.65. The molecular weight excluding hydrogens is 280 g/mol. The number of hydrogen-bond donors (Lipinski definition) is 2. The molecule has 0 saturated heterocycles. The van der Waals surface area contributed by atoms with E-state index in [-0.39, 0.29) is 6.61 Å². The lowest BCUT2D eigenvalue weighted by atomic mass is 10.1. The Bertz CT molecular complexity index is 756. The number of aromatic amines is 1. The molecule has 0 radical (unpaired) electrons. The molecule has 0 amide bonds. The maximum atomic E-state index is 9.42. The Kier molecular flexibility index (Phi) is 3.42. The van der Waals surface area contributed by atoms with Crippen molar-refractivity contribution in [1.82, 2.24) is 19.7 Å². The zero-order valence-corrected chi connectivity index (χ0v) is 13.6. The van der Waals surface area contributed by atoms with Gasteiger partial charge in [0, 0.05) is 28.5 Å². The monoisotopic (exact) mass is 300 g/mol. The van der Waals surface area contributed by atoms with Gasteiger partial charge in [-0.15, -0.1) is 10.2 Å². The molecule has 5 nitrogen and oxygen atoms in total. The van der Waals surface area contributed by atoms with Crippen molar-refractivity contribution >= 4 is 24.3 Å². The molecule has 2 N–H and O–H groups in total. The van der Waals surface area contributed by atoms with Crippen molar-refractivity contribution in [3.63, 3.8) is 0 Å². The molecule has 6 heteroatoms. The van der Waals surface area contributed by atoms with Crippen LogP contribution in [0.1, 0.15) is 5.56 Å². The molecule has 3 aromatic rings. The minimum atomic E-state index is -1.48. The van der Waals surface area contributed by atoms with Gasteiger partial charge in [-0.3, -0.25) is 4.57 Å². The Balaban J connectivity index is 2.22. The Morgan fingerprint density at radius 3 is 2.52 bits per heavy atom. The molecule has 3 rings (SSSR count). The molecule has 0 saturated carbocycles. The van der Waals surface area contributed by atoms with Gasteiger partial charge in [-0.25, -0.2) is 0 Å². The topological polar surface area (TPSA) is 66.7 Å². The lowest BCUT2D eigenvalue weighted by Crippen LogP contribution is -2.41. The van der Waals surface area contributed by atoms with Gasteiger partial charge in [-0.2, -0.15) is 0 Å². The summed E-state index contributed by atoms with van der Waals surface area (Å²) in [5, 5.41) is 19.6. The van der Waals surface area contributed by atoms with Gasteiger partial charge in [0.1, 0.15) is 12.7 Å². The number of hydrogen-bond acceptors (Lipinski definition) is 3. The van der Waals surface area contributed by atoms with Crippen LogP contribution in [-0.2, 0) is 6.42 Å². The molecule has 2 heterocycles. The highest BCUT2D eigenvalue weighted by molar-refractivity contribution is 6.88. The van der Waals surface area contributed by atoms with E-state index in [0.717, 1.165) is 11.2 Å². The molecule has 0 unspecified atom stereocenters. The molecule has 1 aromatic carbocycles. The largest absolute Gasteiger partial charge is 0.396 e. The summed E-state index contributed by atoms with van der Waals surface area (Å²) in [4.78, 5) is 3.57. The van der Waals surface area contributed by atoms with Crippen molar-refractivity contribution in [2.24, 2.45) is 0 Å². The number of fused-ring (bicyclic) bond motifs is 1. The third-order valence-electron chi connectivity index (χ3n) is 3.72. The lowest BCUT2D eigenvalue weighted by molar-refractivity contribution is 0.300. The first-order valence-corrected chi connectivity index (χ1v) is 10.6. The number of nitrogens with one attached hydrogen (secondary N) is 1. The van der Waals surface area contributed by atoms with Crippen LogP contribution in [0.15, 0.2) is 30.9 Å².